The lowest BCUT2D eigenvalue weighted by Gasteiger charge is -2.03. The van der Waals surface area contributed by atoms with Crippen LogP contribution >= 0.6 is 0 Å². The summed E-state index contributed by atoms with van der Waals surface area (Å²) >= 11 is 0. The molecular weight excluding hydrogens is 236 g/mol. The molecule has 1 aromatic heterocycles. The van der Waals surface area contributed by atoms with E-state index >= 15 is 0 Å². The molecule has 0 atom stereocenters. The maximum atomic E-state index is 11.9. The number of hydrogen-bond donors (Lipinski definition) is 0. The second-order valence-electron chi connectivity index (χ2n) is 5.09. The highest BCUT2D eigenvalue weighted by Crippen LogP contribution is 2.14. The first-order chi connectivity index (χ1) is 9.31. The predicted octanol–water partition coefficient (Wildman–Crippen LogP) is 4.70. The van der Waals surface area contributed by atoms with Crippen molar-refractivity contribution < 1.29 is 4.42 Å². The summed E-state index contributed by atoms with van der Waals surface area (Å²) in [6.45, 7) is 2.23. The maximum absolute atomic E-state index is 11.9. The lowest BCUT2D eigenvalue weighted by atomic mass is 10.1. The Morgan fingerprint density at radius 1 is 1.00 bits per heavy atom. The van der Waals surface area contributed by atoms with E-state index in [1.807, 2.05) is 24.3 Å². The zero-order chi connectivity index (χ0) is 13.5. The van der Waals surface area contributed by atoms with E-state index in [1.54, 1.807) is 6.07 Å². The summed E-state index contributed by atoms with van der Waals surface area (Å²) in [5.74, 6) is 0.819. The van der Waals surface area contributed by atoms with Crippen LogP contribution < -0.4 is 5.43 Å². The van der Waals surface area contributed by atoms with E-state index < -0.39 is 0 Å². The van der Waals surface area contributed by atoms with Gasteiger partial charge in [0.2, 0.25) is 0 Å². The molecule has 2 aromatic rings. The largest absolute Gasteiger partial charge is 0.461 e. The fourth-order valence-electron chi connectivity index (χ4n) is 2.36. The molecule has 0 spiro atoms. The van der Waals surface area contributed by atoms with E-state index in [1.165, 1.54) is 32.1 Å². The van der Waals surface area contributed by atoms with Crippen LogP contribution in [0.15, 0.2) is 39.5 Å². The van der Waals surface area contributed by atoms with Crippen LogP contribution in [0, 0.1) is 0 Å². The Labute approximate surface area is 114 Å². The Morgan fingerprint density at radius 2 is 1.74 bits per heavy atom. The summed E-state index contributed by atoms with van der Waals surface area (Å²) in [5, 5.41) is 0.675. The number of benzene rings is 1. The third-order valence-electron chi connectivity index (χ3n) is 3.46. The van der Waals surface area contributed by atoms with Gasteiger partial charge in [-0.05, 0) is 18.6 Å². The lowest BCUT2D eigenvalue weighted by Crippen LogP contribution is -2.02. The average Bonchev–Trinajstić information content (AvgIpc) is 2.43. The Morgan fingerprint density at radius 3 is 2.58 bits per heavy atom. The first kappa shape index (κ1) is 13.9. The quantitative estimate of drug-likeness (QED) is 0.674. The minimum absolute atomic E-state index is 0.0721. The van der Waals surface area contributed by atoms with Crippen molar-refractivity contribution in [1.29, 1.82) is 0 Å². The minimum atomic E-state index is 0.0721. The molecule has 1 aromatic carbocycles. The lowest BCUT2D eigenvalue weighted by molar-refractivity contribution is 0.511. The molecule has 0 unspecified atom stereocenters. The fourth-order valence-corrected chi connectivity index (χ4v) is 2.36. The van der Waals surface area contributed by atoms with Crippen molar-refractivity contribution in [2.45, 2.75) is 51.9 Å². The Hall–Kier alpha value is -1.57. The molecule has 0 amide bonds. The van der Waals surface area contributed by atoms with Crippen LogP contribution in [0.1, 0.15) is 51.2 Å². The first-order valence-corrected chi connectivity index (χ1v) is 7.33. The van der Waals surface area contributed by atoms with Gasteiger partial charge < -0.3 is 4.42 Å². The summed E-state index contributed by atoms with van der Waals surface area (Å²) in [6.07, 6.45) is 8.39. The van der Waals surface area contributed by atoms with E-state index in [-0.39, 0.29) is 5.43 Å². The number of unbranched alkanes of at least 4 members (excludes halogenated alkanes) is 5. The molecular formula is C17H22O2. The summed E-state index contributed by atoms with van der Waals surface area (Å²) in [5.41, 5.74) is 0.777. The molecule has 0 radical (unpaired) electrons. The Bertz CT molecular complexity index is 569. The van der Waals surface area contributed by atoms with Crippen LogP contribution in [0.25, 0.3) is 11.0 Å². The van der Waals surface area contributed by atoms with Gasteiger partial charge in [0.05, 0.1) is 5.39 Å². The highest BCUT2D eigenvalue weighted by atomic mass is 16.3. The number of hydrogen-bond acceptors (Lipinski definition) is 2. The molecule has 2 nitrogen and oxygen atoms in total. The van der Waals surface area contributed by atoms with Crippen molar-refractivity contribution in [1.82, 2.24) is 0 Å². The van der Waals surface area contributed by atoms with Crippen LogP contribution in [0.3, 0.4) is 0 Å². The molecule has 0 saturated carbocycles. The van der Waals surface area contributed by atoms with Crippen molar-refractivity contribution in [2.24, 2.45) is 0 Å². The standard InChI is InChI=1S/C17H22O2/c1-2-3-4-5-6-7-10-14-13-16(18)15-11-8-9-12-17(15)19-14/h8-9,11-13H,2-7,10H2,1H3. The average molecular weight is 258 g/mol. The van der Waals surface area contributed by atoms with Gasteiger partial charge in [-0.2, -0.15) is 0 Å². The van der Waals surface area contributed by atoms with Gasteiger partial charge in [-0.1, -0.05) is 51.2 Å². The third kappa shape index (κ3) is 3.95. The highest BCUT2D eigenvalue weighted by Gasteiger charge is 2.03. The zero-order valence-electron chi connectivity index (χ0n) is 11.7. The SMILES string of the molecule is CCCCCCCCc1cc(=O)c2ccccc2o1. The van der Waals surface area contributed by atoms with E-state index in [2.05, 4.69) is 6.92 Å². The van der Waals surface area contributed by atoms with Gasteiger partial charge in [-0.3, -0.25) is 4.79 Å². The molecule has 2 rings (SSSR count). The molecule has 0 aliphatic carbocycles. The molecule has 102 valence electrons. The fraction of sp³-hybridized carbons (Fsp3) is 0.471. The Kier molecular flexibility index (Phi) is 5.20. The van der Waals surface area contributed by atoms with Crippen LogP contribution in [-0.2, 0) is 6.42 Å². The van der Waals surface area contributed by atoms with Crippen LogP contribution in [0.5, 0.6) is 0 Å². The Balaban J connectivity index is 1.92. The molecule has 0 saturated heterocycles. The van der Waals surface area contributed by atoms with Gasteiger partial charge >= 0.3 is 0 Å². The third-order valence-corrected chi connectivity index (χ3v) is 3.46. The number of para-hydroxylation sites is 1. The van der Waals surface area contributed by atoms with Gasteiger partial charge in [0.1, 0.15) is 11.3 Å². The van der Waals surface area contributed by atoms with Crippen LogP contribution in [0.4, 0.5) is 0 Å². The van der Waals surface area contributed by atoms with Crippen molar-refractivity contribution in [3.8, 4) is 0 Å². The molecule has 0 aliphatic rings. The van der Waals surface area contributed by atoms with Gasteiger partial charge in [0.25, 0.3) is 0 Å². The summed E-state index contributed by atoms with van der Waals surface area (Å²) in [6, 6.07) is 9.10. The number of fused-ring (bicyclic) bond motifs is 1. The molecule has 0 aliphatic heterocycles. The first-order valence-electron chi connectivity index (χ1n) is 7.33. The normalized spacial score (nSPS) is 11.0. The summed E-state index contributed by atoms with van der Waals surface area (Å²) < 4.78 is 5.77. The molecule has 2 heteroatoms. The van der Waals surface area contributed by atoms with Crippen molar-refractivity contribution in [3.05, 3.63) is 46.3 Å². The molecule has 0 N–H and O–H groups in total. The van der Waals surface area contributed by atoms with Crippen LogP contribution in [0.2, 0.25) is 0 Å². The van der Waals surface area contributed by atoms with Gasteiger partial charge in [-0.15, -0.1) is 0 Å². The van der Waals surface area contributed by atoms with Gasteiger partial charge in [-0.25, -0.2) is 0 Å². The van der Waals surface area contributed by atoms with Gasteiger partial charge in [0.15, 0.2) is 5.43 Å². The van der Waals surface area contributed by atoms with E-state index in [4.69, 9.17) is 4.42 Å². The zero-order valence-corrected chi connectivity index (χ0v) is 11.7. The van der Waals surface area contributed by atoms with E-state index in [9.17, 15) is 4.79 Å². The van der Waals surface area contributed by atoms with E-state index in [0.29, 0.717) is 11.0 Å². The smallest absolute Gasteiger partial charge is 0.192 e. The minimum Gasteiger partial charge on any atom is -0.461 e. The monoisotopic (exact) mass is 258 g/mol. The second kappa shape index (κ2) is 7.13. The second-order valence-corrected chi connectivity index (χ2v) is 5.09. The number of aryl methyl sites for hydroxylation is 1. The maximum Gasteiger partial charge on any atom is 0.192 e. The molecule has 19 heavy (non-hydrogen) atoms. The van der Waals surface area contributed by atoms with Crippen molar-refractivity contribution in [3.63, 3.8) is 0 Å². The molecule has 1 heterocycles. The molecule has 0 bridgehead atoms. The summed E-state index contributed by atoms with van der Waals surface area (Å²) in [7, 11) is 0. The van der Waals surface area contributed by atoms with Crippen molar-refractivity contribution in [2.75, 3.05) is 0 Å². The predicted molar refractivity (Wildman–Crippen MR) is 79.6 cm³/mol. The van der Waals surface area contributed by atoms with Gasteiger partial charge in [0, 0.05) is 12.5 Å². The number of rotatable bonds is 7. The highest BCUT2D eigenvalue weighted by molar-refractivity contribution is 5.76. The molecule has 0 fully saturated rings. The topological polar surface area (TPSA) is 30.2 Å². The van der Waals surface area contributed by atoms with E-state index in [0.717, 1.165) is 18.6 Å². The van der Waals surface area contributed by atoms with Crippen LogP contribution in [-0.4, -0.2) is 0 Å². The summed E-state index contributed by atoms with van der Waals surface area (Å²) in [4.78, 5) is 11.9. The van der Waals surface area contributed by atoms with Crippen molar-refractivity contribution >= 4 is 11.0 Å².